The Kier molecular flexibility index (Phi) is 6.13. The molecule has 0 spiro atoms. The minimum atomic E-state index is -0.902. The monoisotopic (exact) mass is 389 g/mol. The van der Waals surface area contributed by atoms with Crippen molar-refractivity contribution >= 4 is 29.4 Å². The van der Waals surface area contributed by atoms with Crippen molar-refractivity contribution in [2.24, 2.45) is 0 Å². The molecule has 2 aliphatic heterocycles. The van der Waals surface area contributed by atoms with Crippen LogP contribution in [0.25, 0.3) is 0 Å². The molecule has 2 aliphatic rings. The van der Waals surface area contributed by atoms with E-state index >= 15 is 0 Å². The number of carbonyl (C=O) groups excluding carboxylic acids is 4. The second kappa shape index (κ2) is 8.73. The predicted octanol–water partition coefficient (Wildman–Crippen LogP) is 0.0823. The largest absolute Gasteiger partial charge is 0.484 e. The fraction of sp³-hybridized carbons (Fsp3) is 0.474. The molecule has 1 aromatic carbocycles. The van der Waals surface area contributed by atoms with Crippen LogP contribution < -0.4 is 15.0 Å². The quantitative estimate of drug-likeness (QED) is 0.691. The Bertz CT molecular complexity index is 763. The fourth-order valence-corrected chi connectivity index (χ4v) is 3.33. The zero-order valence-electron chi connectivity index (χ0n) is 15.7. The van der Waals surface area contributed by atoms with E-state index in [0.29, 0.717) is 31.8 Å². The SMILES string of the molecule is COC(=O)CC1C(=O)NCCN1C(=O)COc1ccc(N2CCCC2=O)cc1. The first kappa shape index (κ1) is 19.7. The standard InChI is InChI=1S/C19H23N3O6/c1-27-18(25)11-15-19(26)20-8-10-22(15)17(24)12-28-14-6-4-13(5-7-14)21-9-2-3-16(21)23/h4-7,15H,2-3,8-12H2,1H3,(H,20,26). The highest BCUT2D eigenvalue weighted by molar-refractivity contribution is 5.95. The molecule has 0 aliphatic carbocycles. The average Bonchev–Trinajstić information content (AvgIpc) is 3.13. The van der Waals surface area contributed by atoms with Crippen LogP contribution in [-0.4, -0.2) is 68.0 Å². The minimum absolute atomic E-state index is 0.101. The lowest BCUT2D eigenvalue weighted by atomic mass is 10.1. The molecule has 1 N–H and O–H groups in total. The Labute approximate surface area is 162 Å². The van der Waals surface area contributed by atoms with Gasteiger partial charge in [0.25, 0.3) is 5.91 Å². The van der Waals surface area contributed by atoms with E-state index < -0.39 is 12.0 Å². The van der Waals surface area contributed by atoms with Crippen LogP contribution >= 0.6 is 0 Å². The summed E-state index contributed by atoms with van der Waals surface area (Å²) in [6.07, 6.45) is 1.21. The van der Waals surface area contributed by atoms with Gasteiger partial charge in [0, 0.05) is 31.7 Å². The third-order valence-corrected chi connectivity index (χ3v) is 4.82. The van der Waals surface area contributed by atoms with Gasteiger partial charge in [0.05, 0.1) is 13.5 Å². The van der Waals surface area contributed by atoms with E-state index in [4.69, 9.17) is 4.74 Å². The van der Waals surface area contributed by atoms with Crippen LogP contribution in [-0.2, 0) is 23.9 Å². The Hall–Kier alpha value is -3.10. The van der Waals surface area contributed by atoms with Crippen molar-refractivity contribution in [2.45, 2.75) is 25.3 Å². The van der Waals surface area contributed by atoms with Gasteiger partial charge in [0.15, 0.2) is 6.61 Å². The summed E-state index contributed by atoms with van der Waals surface area (Å²) < 4.78 is 10.1. The molecular formula is C19H23N3O6. The molecule has 2 saturated heterocycles. The molecule has 3 amide bonds. The normalized spacial score (nSPS) is 19.4. The van der Waals surface area contributed by atoms with E-state index in [2.05, 4.69) is 10.1 Å². The number of esters is 1. The second-order valence-electron chi connectivity index (χ2n) is 6.61. The molecule has 0 saturated carbocycles. The van der Waals surface area contributed by atoms with Crippen molar-refractivity contribution in [2.75, 3.05) is 38.3 Å². The summed E-state index contributed by atoms with van der Waals surface area (Å²) in [4.78, 5) is 51.0. The van der Waals surface area contributed by atoms with Crippen molar-refractivity contribution in [1.82, 2.24) is 10.2 Å². The number of rotatable bonds is 6. The number of carbonyl (C=O) groups is 4. The van der Waals surface area contributed by atoms with Crippen LogP contribution in [0.1, 0.15) is 19.3 Å². The Morgan fingerprint density at radius 2 is 1.93 bits per heavy atom. The lowest BCUT2D eigenvalue weighted by Crippen LogP contribution is -2.58. The van der Waals surface area contributed by atoms with E-state index in [0.717, 1.165) is 12.1 Å². The maximum atomic E-state index is 12.5. The summed E-state index contributed by atoms with van der Waals surface area (Å²) in [5.41, 5.74) is 0.798. The van der Waals surface area contributed by atoms with Crippen LogP contribution in [0, 0.1) is 0 Å². The molecule has 1 aromatic rings. The number of nitrogens with one attached hydrogen (secondary N) is 1. The molecule has 2 fully saturated rings. The van der Waals surface area contributed by atoms with Crippen LogP contribution in [0.4, 0.5) is 5.69 Å². The number of ether oxygens (including phenoxy) is 2. The molecule has 28 heavy (non-hydrogen) atoms. The lowest BCUT2D eigenvalue weighted by Gasteiger charge is -2.34. The number of benzene rings is 1. The van der Waals surface area contributed by atoms with E-state index in [1.54, 1.807) is 29.2 Å². The highest BCUT2D eigenvalue weighted by Gasteiger charge is 2.35. The molecule has 0 radical (unpaired) electrons. The number of nitrogens with zero attached hydrogens (tertiary/aromatic N) is 2. The third kappa shape index (κ3) is 4.41. The molecular weight excluding hydrogens is 366 g/mol. The van der Waals surface area contributed by atoms with Crippen LogP contribution in [0.5, 0.6) is 5.75 Å². The molecule has 1 unspecified atom stereocenters. The molecule has 9 heteroatoms. The van der Waals surface area contributed by atoms with Gasteiger partial charge in [-0.3, -0.25) is 19.2 Å². The first-order valence-electron chi connectivity index (χ1n) is 9.17. The van der Waals surface area contributed by atoms with Gasteiger partial charge in [-0.2, -0.15) is 0 Å². The summed E-state index contributed by atoms with van der Waals surface area (Å²) in [6.45, 7) is 1.06. The fourth-order valence-electron chi connectivity index (χ4n) is 3.33. The summed E-state index contributed by atoms with van der Waals surface area (Å²) in [7, 11) is 1.23. The van der Waals surface area contributed by atoms with Crippen LogP contribution in [0.3, 0.4) is 0 Å². The van der Waals surface area contributed by atoms with Gasteiger partial charge < -0.3 is 24.6 Å². The van der Waals surface area contributed by atoms with Gasteiger partial charge >= 0.3 is 5.97 Å². The van der Waals surface area contributed by atoms with E-state index in [1.807, 2.05) is 0 Å². The van der Waals surface area contributed by atoms with Crippen LogP contribution in [0.2, 0.25) is 0 Å². The molecule has 0 bridgehead atoms. The highest BCUT2D eigenvalue weighted by Crippen LogP contribution is 2.24. The van der Waals surface area contributed by atoms with E-state index in [9.17, 15) is 19.2 Å². The molecule has 0 aromatic heterocycles. The van der Waals surface area contributed by atoms with Gasteiger partial charge in [-0.1, -0.05) is 0 Å². The predicted molar refractivity (Wildman–Crippen MR) is 98.7 cm³/mol. The van der Waals surface area contributed by atoms with Gasteiger partial charge in [-0.25, -0.2) is 0 Å². The lowest BCUT2D eigenvalue weighted by molar-refractivity contribution is -0.151. The average molecular weight is 389 g/mol. The third-order valence-electron chi connectivity index (χ3n) is 4.82. The van der Waals surface area contributed by atoms with Gasteiger partial charge in [-0.05, 0) is 30.7 Å². The Balaban J connectivity index is 1.58. The number of piperazine rings is 1. The van der Waals surface area contributed by atoms with Gasteiger partial charge in [0.1, 0.15) is 11.8 Å². The summed E-state index contributed by atoms with van der Waals surface area (Å²) in [6, 6.07) is 6.04. The molecule has 3 rings (SSSR count). The van der Waals surface area contributed by atoms with Crippen LogP contribution in [0.15, 0.2) is 24.3 Å². The minimum Gasteiger partial charge on any atom is -0.484 e. The van der Waals surface area contributed by atoms with Crippen molar-refractivity contribution in [3.8, 4) is 5.75 Å². The van der Waals surface area contributed by atoms with Crippen molar-refractivity contribution in [3.05, 3.63) is 24.3 Å². The highest BCUT2D eigenvalue weighted by atomic mass is 16.5. The maximum absolute atomic E-state index is 12.5. The van der Waals surface area contributed by atoms with Gasteiger partial charge in [0.2, 0.25) is 11.8 Å². The molecule has 150 valence electrons. The zero-order chi connectivity index (χ0) is 20.1. The first-order valence-corrected chi connectivity index (χ1v) is 9.17. The van der Waals surface area contributed by atoms with E-state index in [1.165, 1.54) is 12.0 Å². The van der Waals surface area contributed by atoms with Crippen molar-refractivity contribution in [1.29, 1.82) is 0 Å². The zero-order valence-corrected chi connectivity index (χ0v) is 15.7. The topological polar surface area (TPSA) is 105 Å². The summed E-state index contributed by atoms with van der Waals surface area (Å²) >= 11 is 0. The summed E-state index contributed by atoms with van der Waals surface area (Å²) in [5, 5.41) is 2.64. The number of hydrogen-bond donors (Lipinski definition) is 1. The first-order chi connectivity index (χ1) is 13.5. The Morgan fingerprint density at radius 1 is 1.18 bits per heavy atom. The van der Waals surface area contributed by atoms with E-state index in [-0.39, 0.29) is 30.7 Å². The second-order valence-corrected chi connectivity index (χ2v) is 6.61. The number of anilines is 1. The number of methoxy groups -OCH3 is 1. The van der Waals surface area contributed by atoms with Crippen molar-refractivity contribution < 1.29 is 28.7 Å². The molecule has 9 nitrogen and oxygen atoms in total. The molecule has 2 heterocycles. The van der Waals surface area contributed by atoms with Gasteiger partial charge in [-0.15, -0.1) is 0 Å². The molecule has 1 atom stereocenters. The smallest absolute Gasteiger partial charge is 0.308 e. The summed E-state index contributed by atoms with van der Waals surface area (Å²) in [5.74, 6) is -0.751. The number of hydrogen-bond acceptors (Lipinski definition) is 6. The maximum Gasteiger partial charge on any atom is 0.308 e. The number of amides is 3. The van der Waals surface area contributed by atoms with Crippen molar-refractivity contribution in [3.63, 3.8) is 0 Å². The Morgan fingerprint density at radius 3 is 2.57 bits per heavy atom.